The highest BCUT2D eigenvalue weighted by molar-refractivity contribution is 5.93. The topological polar surface area (TPSA) is 54.4 Å². The molecule has 140 valence electrons. The Bertz CT molecular complexity index is 944. The van der Waals surface area contributed by atoms with Gasteiger partial charge in [0.15, 0.2) is 0 Å². The van der Waals surface area contributed by atoms with Gasteiger partial charge in [0, 0.05) is 11.8 Å². The monoisotopic (exact) mass is 362 g/mol. The normalized spacial score (nSPS) is 18.1. The van der Waals surface area contributed by atoms with E-state index in [1.165, 1.54) is 5.56 Å². The third-order valence-electron chi connectivity index (χ3n) is 5.72. The van der Waals surface area contributed by atoms with E-state index in [1.54, 1.807) is 12.1 Å². The molecule has 2 aromatic rings. The number of rotatable bonds is 3. The highest BCUT2D eigenvalue weighted by Crippen LogP contribution is 2.44. The average molecular weight is 362 g/mol. The van der Waals surface area contributed by atoms with Crippen molar-refractivity contribution >= 4 is 23.4 Å². The molecule has 0 bridgehead atoms. The molecule has 3 rings (SSSR count). The molecule has 1 aliphatic rings. The van der Waals surface area contributed by atoms with Gasteiger partial charge in [0.25, 0.3) is 0 Å². The number of aromatic carboxylic acids is 1. The molecule has 0 atom stereocenters. The minimum absolute atomic E-state index is 0.148. The quantitative estimate of drug-likeness (QED) is 0.736. The van der Waals surface area contributed by atoms with Crippen LogP contribution in [0.25, 0.3) is 11.6 Å². The Kier molecular flexibility index (Phi) is 4.59. The van der Waals surface area contributed by atoms with Gasteiger partial charge in [-0.1, -0.05) is 50.3 Å². The number of hydrogen-bond donors (Lipinski definition) is 1. The van der Waals surface area contributed by atoms with Crippen LogP contribution in [-0.4, -0.2) is 16.9 Å². The van der Waals surface area contributed by atoms with Crippen molar-refractivity contribution in [2.75, 3.05) is 0 Å². The zero-order valence-electron chi connectivity index (χ0n) is 16.6. The Hall–Kier alpha value is -2.68. The van der Waals surface area contributed by atoms with Crippen molar-refractivity contribution in [2.24, 2.45) is 0 Å². The molecule has 0 saturated carbocycles. The predicted octanol–water partition coefficient (Wildman–Crippen LogP) is 5.47. The molecule has 0 amide bonds. The van der Waals surface area contributed by atoms with Crippen molar-refractivity contribution < 1.29 is 14.7 Å². The summed E-state index contributed by atoms with van der Waals surface area (Å²) in [6.07, 6.45) is 2.60. The van der Waals surface area contributed by atoms with Crippen molar-refractivity contribution in [1.29, 1.82) is 0 Å². The molecular formula is C24H26O3. The maximum Gasteiger partial charge on any atom is 0.335 e. The van der Waals surface area contributed by atoms with Crippen molar-refractivity contribution in [2.45, 2.75) is 51.9 Å². The Balaban J connectivity index is 2.02. The minimum Gasteiger partial charge on any atom is -0.478 e. The third kappa shape index (κ3) is 3.46. The number of ketones is 1. The second kappa shape index (κ2) is 6.49. The summed E-state index contributed by atoms with van der Waals surface area (Å²) in [6, 6.07) is 13.3. The van der Waals surface area contributed by atoms with Crippen LogP contribution in [0.5, 0.6) is 0 Å². The number of carbonyl (C=O) groups is 2. The number of fused-ring (bicyclic) bond motifs is 1. The van der Waals surface area contributed by atoms with E-state index in [0.717, 1.165) is 22.3 Å². The number of allylic oxidation sites excluding steroid dienone is 1. The van der Waals surface area contributed by atoms with E-state index in [-0.39, 0.29) is 16.8 Å². The van der Waals surface area contributed by atoms with Crippen LogP contribution >= 0.6 is 0 Å². The van der Waals surface area contributed by atoms with Crippen molar-refractivity contribution in [1.82, 2.24) is 0 Å². The van der Waals surface area contributed by atoms with Crippen LogP contribution < -0.4 is 0 Å². The lowest BCUT2D eigenvalue weighted by molar-refractivity contribution is -0.125. The standard InChI is InChI=1S/C24H26O3/c1-15(12-16-6-8-17(9-7-16)22(26)27)18-10-11-19-20(13-18)24(4,5)21(25)14-23(19,2)3/h6-13H,14H2,1-5H3,(H,26,27)/b15-12-. The molecule has 0 aromatic heterocycles. The van der Waals surface area contributed by atoms with Crippen molar-refractivity contribution in [3.05, 3.63) is 70.3 Å². The van der Waals surface area contributed by atoms with E-state index < -0.39 is 11.4 Å². The maximum absolute atomic E-state index is 12.7. The zero-order valence-corrected chi connectivity index (χ0v) is 16.6. The lowest BCUT2D eigenvalue weighted by atomic mass is 9.62. The highest BCUT2D eigenvalue weighted by atomic mass is 16.4. The Morgan fingerprint density at radius 3 is 2.15 bits per heavy atom. The summed E-state index contributed by atoms with van der Waals surface area (Å²) in [4.78, 5) is 23.7. The molecule has 3 nitrogen and oxygen atoms in total. The molecule has 27 heavy (non-hydrogen) atoms. The van der Waals surface area contributed by atoms with Gasteiger partial charge in [-0.3, -0.25) is 4.79 Å². The second-order valence-corrected chi connectivity index (χ2v) is 8.62. The van der Waals surface area contributed by atoms with E-state index in [2.05, 4.69) is 32.0 Å². The molecule has 1 N–H and O–H groups in total. The highest BCUT2D eigenvalue weighted by Gasteiger charge is 2.43. The summed E-state index contributed by atoms with van der Waals surface area (Å²) in [7, 11) is 0. The number of Topliss-reactive ketones (excluding diaryl/α,β-unsaturated/α-hetero) is 1. The smallest absolute Gasteiger partial charge is 0.335 e. The predicted molar refractivity (Wildman–Crippen MR) is 109 cm³/mol. The molecule has 2 aromatic carbocycles. The van der Waals surface area contributed by atoms with E-state index in [0.29, 0.717) is 6.42 Å². The molecule has 3 heteroatoms. The Morgan fingerprint density at radius 2 is 1.56 bits per heavy atom. The van der Waals surface area contributed by atoms with Crippen LogP contribution in [0, 0.1) is 0 Å². The van der Waals surface area contributed by atoms with Crippen molar-refractivity contribution in [3.63, 3.8) is 0 Å². The number of hydrogen-bond acceptors (Lipinski definition) is 2. The zero-order chi connectivity index (χ0) is 20.0. The van der Waals surface area contributed by atoms with Crippen LogP contribution in [0.15, 0.2) is 42.5 Å². The fourth-order valence-corrected chi connectivity index (χ4v) is 3.82. The van der Waals surface area contributed by atoms with E-state index in [1.807, 2.05) is 39.0 Å². The fourth-order valence-electron chi connectivity index (χ4n) is 3.82. The van der Waals surface area contributed by atoms with E-state index in [9.17, 15) is 9.59 Å². The SMILES string of the molecule is C/C(=C/c1ccc(C(=O)O)cc1)c1ccc2c(c1)C(C)(C)C(=O)CC2(C)C. The minimum atomic E-state index is -0.925. The Morgan fingerprint density at radius 1 is 0.963 bits per heavy atom. The van der Waals surface area contributed by atoms with Crippen LogP contribution in [-0.2, 0) is 15.6 Å². The van der Waals surface area contributed by atoms with Gasteiger partial charge in [-0.2, -0.15) is 0 Å². The molecule has 0 heterocycles. The van der Waals surface area contributed by atoms with Crippen molar-refractivity contribution in [3.8, 4) is 0 Å². The van der Waals surface area contributed by atoms with Gasteiger partial charge in [-0.05, 0) is 66.1 Å². The molecular weight excluding hydrogens is 336 g/mol. The molecule has 0 saturated heterocycles. The average Bonchev–Trinajstić information content (AvgIpc) is 2.60. The molecule has 0 radical (unpaired) electrons. The number of benzene rings is 2. The largest absolute Gasteiger partial charge is 0.478 e. The molecule has 0 aliphatic heterocycles. The van der Waals surface area contributed by atoms with Crippen LogP contribution in [0.2, 0.25) is 0 Å². The third-order valence-corrected chi connectivity index (χ3v) is 5.72. The van der Waals surface area contributed by atoms with Gasteiger partial charge in [-0.25, -0.2) is 4.79 Å². The first kappa shape index (κ1) is 19.1. The van der Waals surface area contributed by atoms with Gasteiger partial charge < -0.3 is 5.11 Å². The lowest BCUT2D eigenvalue weighted by Crippen LogP contribution is -2.42. The summed E-state index contributed by atoms with van der Waals surface area (Å²) in [6.45, 7) is 10.3. The summed E-state index contributed by atoms with van der Waals surface area (Å²) >= 11 is 0. The lowest BCUT2D eigenvalue weighted by Gasteiger charge is -2.40. The van der Waals surface area contributed by atoms with Crippen LogP contribution in [0.4, 0.5) is 0 Å². The number of carboxylic acid groups (broad SMARTS) is 1. The molecule has 0 unspecified atom stereocenters. The molecule has 0 fully saturated rings. The molecule has 0 spiro atoms. The van der Waals surface area contributed by atoms with Crippen LogP contribution in [0.1, 0.15) is 73.7 Å². The number of carboxylic acids is 1. The Labute approximate surface area is 160 Å². The summed E-state index contributed by atoms with van der Waals surface area (Å²) in [5, 5.41) is 9.02. The van der Waals surface area contributed by atoms with E-state index in [4.69, 9.17) is 5.11 Å². The fraction of sp³-hybridized carbons (Fsp3) is 0.333. The maximum atomic E-state index is 12.7. The van der Waals surface area contributed by atoms with Gasteiger partial charge in [0.1, 0.15) is 5.78 Å². The van der Waals surface area contributed by atoms with Gasteiger partial charge in [-0.15, -0.1) is 0 Å². The van der Waals surface area contributed by atoms with Gasteiger partial charge in [0.2, 0.25) is 0 Å². The molecule has 1 aliphatic carbocycles. The summed E-state index contributed by atoms with van der Waals surface area (Å²) < 4.78 is 0. The van der Waals surface area contributed by atoms with Crippen LogP contribution in [0.3, 0.4) is 0 Å². The summed E-state index contributed by atoms with van der Waals surface area (Å²) in [5.74, 6) is -0.644. The van der Waals surface area contributed by atoms with Gasteiger partial charge in [0.05, 0.1) is 5.56 Å². The number of carbonyl (C=O) groups excluding carboxylic acids is 1. The first-order valence-electron chi connectivity index (χ1n) is 9.23. The second-order valence-electron chi connectivity index (χ2n) is 8.62. The van der Waals surface area contributed by atoms with Gasteiger partial charge >= 0.3 is 5.97 Å². The summed E-state index contributed by atoms with van der Waals surface area (Å²) in [5.41, 5.74) is 5.11. The van der Waals surface area contributed by atoms with E-state index >= 15 is 0 Å². The first-order valence-corrected chi connectivity index (χ1v) is 9.23. The first-order chi connectivity index (χ1) is 12.5.